The predicted molar refractivity (Wildman–Crippen MR) is 68.4 cm³/mol. The molecular weight excluding hydrogens is 222 g/mol. The van der Waals surface area contributed by atoms with Crippen molar-refractivity contribution < 1.29 is 4.74 Å². The quantitative estimate of drug-likeness (QED) is 0.736. The molecule has 2 rings (SSSR count). The highest BCUT2D eigenvalue weighted by Gasteiger charge is 2.20. The number of benzene rings is 1. The Labute approximate surface area is 102 Å². The molecule has 88 valence electrons. The molecule has 3 heteroatoms. The number of aryl methyl sites for hydroxylation is 1. The van der Waals surface area contributed by atoms with Gasteiger partial charge in [0.05, 0.1) is 13.2 Å². The Morgan fingerprint density at radius 1 is 1.50 bits per heavy atom. The standard InChI is InChI=1S/C13H18ClNO/c1-10-7-12(8-14)3-4-13(10)15-5-6-16-9-11(15)2/h3-4,7,11H,5-6,8-9H2,1-2H3. The van der Waals surface area contributed by atoms with Crippen molar-refractivity contribution in [3.8, 4) is 0 Å². The van der Waals surface area contributed by atoms with Gasteiger partial charge >= 0.3 is 0 Å². The molecule has 0 bridgehead atoms. The molecule has 0 saturated carbocycles. The van der Waals surface area contributed by atoms with Crippen molar-refractivity contribution in [1.82, 2.24) is 0 Å². The van der Waals surface area contributed by atoms with E-state index in [1.807, 2.05) is 0 Å². The number of morpholine rings is 1. The van der Waals surface area contributed by atoms with Crippen LogP contribution in [0.25, 0.3) is 0 Å². The Bertz CT molecular complexity index is 367. The molecule has 0 N–H and O–H groups in total. The smallest absolute Gasteiger partial charge is 0.0668 e. The summed E-state index contributed by atoms with van der Waals surface area (Å²) in [7, 11) is 0. The molecule has 1 aliphatic heterocycles. The lowest BCUT2D eigenvalue weighted by atomic mass is 10.1. The van der Waals surface area contributed by atoms with Crippen molar-refractivity contribution in [3.63, 3.8) is 0 Å². The van der Waals surface area contributed by atoms with Crippen LogP contribution in [0.1, 0.15) is 18.1 Å². The normalized spacial score (nSPS) is 21.2. The van der Waals surface area contributed by atoms with Crippen LogP contribution < -0.4 is 4.90 Å². The SMILES string of the molecule is Cc1cc(CCl)ccc1N1CCOCC1C. The van der Waals surface area contributed by atoms with Crippen LogP contribution in [-0.4, -0.2) is 25.8 Å². The van der Waals surface area contributed by atoms with Crippen molar-refractivity contribution in [1.29, 1.82) is 0 Å². The van der Waals surface area contributed by atoms with E-state index in [4.69, 9.17) is 16.3 Å². The highest BCUT2D eigenvalue weighted by atomic mass is 35.5. The van der Waals surface area contributed by atoms with E-state index in [2.05, 4.69) is 36.9 Å². The fraction of sp³-hybridized carbons (Fsp3) is 0.538. The van der Waals surface area contributed by atoms with Crippen molar-refractivity contribution in [2.45, 2.75) is 25.8 Å². The second kappa shape index (κ2) is 5.07. The molecule has 0 radical (unpaired) electrons. The molecular formula is C13H18ClNO. The van der Waals surface area contributed by atoms with Gasteiger partial charge in [-0.3, -0.25) is 0 Å². The Kier molecular flexibility index (Phi) is 3.72. The van der Waals surface area contributed by atoms with Gasteiger partial charge in [0.1, 0.15) is 0 Å². The molecule has 1 saturated heterocycles. The average molecular weight is 240 g/mol. The van der Waals surface area contributed by atoms with Gasteiger partial charge in [0, 0.05) is 24.2 Å². The third-order valence-electron chi connectivity index (χ3n) is 3.09. The minimum atomic E-state index is 0.453. The molecule has 1 aliphatic rings. The molecule has 0 spiro atoms. The second-order valence-corrected chi connectivity index (χ2v) is 4.64. The maximum atomic E-state index is 5.83. The Hall–Kier alpha value is -0.730. The first-order chi connectivity index (χ1) is 7.72. The molecule has 1 heterocycles. The van der Waals surface area contributed by atoms with Crippen LogP contribution >= 0.6 is 11.6 Å². The first kappa shape index (κ1) is 11.7. The average Bonchev–Trinajstić information content (AvgIpc) is 2.30. The lowest BCUT2D eigenvalue weighted by Gasteiger charge is -2.36. The van der Waals surface area contributed by atoms with Gasteiger partial charge in [-0.2, -0.15) is 0 Å². The van der Waals surface area contributed by atoms with E-state index < -0.39 is 0 Å². The first-order valence-corrected chi connectivity index (χ1v) is 6.25. The number of hydrogen-bond acceptors (Lipinski definition) is 2. The van der Waals surface area contributed by atoms with Crippen LogP contribution in [0.15, 0.2) is 18.2 Å². The van der Waals surface area contributed by atoms with E-state index in [0.717, 1.165) is 19.8 Å². The number of nitrogens with zero attached hydrogens (tertiary/aromatic N) is 1. The first-order valence-electron chi connectivity index (χ1n) is 5.72. The van der Waals surface area contributed by atoms with Crippen molar-refractivity contribution in [2.75, 3.05) is 24.7 Å². The largest absolute Gasteiger partial charge is 0.377 e. The van der Waals surface area contributed by atoms with Gasteiger partial charge < -0.3 is 9.64 Å². The molecule has 0 amide bonds. The number of anilines is 1. The zero-order valence-corrected chi connectivity index (χ0v) is 10.6. The number of ether oxygens (including phenoxy) is 1. The third kappa shape index (κ3) is 2.33. The highest BCUT2D eigenvalue weighted by molar-refractivity contribution is 6.17. The van der Waals surface area contributed by atoms with Crippen molar-refractivity contribution in [3.05, 3.63) is 29.3 Å². The zero-order chi connectivity index (χ0) is 11.5. The van der Waals surface area contributed by atoms with Crippen LogP contribution in [0.5, 0.6) is 0 Å². The summed E-state index contributed by atoms with van der Waals surface area (Å²) in [4.78, 5) is 2.41. The summed E-state index contributed by atoms with van der Waals surface area (Å²) in [6, 6.07) is 6.91. The van der Waals surface area contributed by atoms with Crippen LogP contribution in [0.2, 0.25) is 0 Å². The lowest BCUT2D eigenvalue weighted by Crippen LogP contribution is -2.44. The molecule has 1 atom stereocenters. The Balaban J connectivity index is 2.25. The monoisotopic (exact) mass is 239 g/mol. The van der Waals surface area contributed by atoms with E-state index in [-0.39, 0.29) is 0 Å². The molecule has 1 aromatic rings. The number of hydrogen-bond donors (Lipinski definition) is 0. The second-order valence-electron chi connectivity index (χ2n) is 4.37. The molecule has 0 aliphatic carbocycles. The maximum absolute atomic E-state index is 5.83. The van der Waals surface area contributed by atoms with Gasteiger partial charge in [-0.1, -0.05) is 12.1 Å². The molecule has 2 nitrogen and oxygen atoms in total. The summed E-state index contributed by atoms with van der Waals surface area (Å²) in [6.45, 7) is 6.96. The van der Waals surface area contributed by atoms with Gasteiger partial charge in [-0.25, -0.2) is 0 Å². The molecule has 1 fully saturated rings. The summed E-state index contributed by atoms with van der Waals surface area (Å²) < 4.78 is 5.46. The van der Waals surface area contributed by atoms with Crippen LogP contribution in [0.3, 0.4) is 0 Å². The fourth-order valence-corrected chi connectivity index (χ4v) is 2.37. The lowest BCUT2D eigenvalue weighted by molar-refractivity contribution is 0.0989. The maximum Gasteiger partial charge on any atom is 0.0668 e. The molecule has 16 heavy (non-hydrogen) atoms. The van der Waals surface area contributed by atoms with Crippen LogP contribution in [0, 0.1) is 6.92 Å². The van der Waals surface area contributed by atoms with E-state index in [1.165, 1.54) is 16.8 Å². The van der Waals surface area contributed by atoms with E-state index in [0.29, 0.717) is 11.9 Å². The summed E-state index contributed by atoms with van der Waals surface area (Å²) in [6.07, 6.45) is 0. The summed E-state index contributed by atoms with van der Waals surface area (Å²) in [5.41, 5.74) is 3.79. The predicted octanol–water partition coefficient (Wildman–Crippen LogP) is 2.96. The van der Waals surface area contributed by atoms with Gasteiger partial charge in [-0.05, 0) is 31.0 Å². The van der Waals surface area contributed by atoms with Gasteiger partial charge in [0.15, 0.2) is 0 Å². The number of rotatable bonds is 2. The van der Waals surface area contributed by atoms with Crippen LogP contribution in [0.4, 0.5) is 5.69 Å². The molecule has 1 unspecified atom stereocenters. The Morgan fingerprint density at radius 3 is 2.94 bits per heavy atom. The van der Waals surface area contributed by atoms with Gasteiger partial charge in [0.25, 0.3) is 0 Å². The molecule has 0 aromatic heterocycles. The minimum Gasteiger partial charge on any atom is -0.377 e. The van der Waals surface area contributed by atoms with E-state index in [1.54, 1.807) is 0 Å². The summed E-state index contributed by atoms with van der Waals surface area (Å²) in [5.74, 6) is 0.583. The minimum absolute atomic E-state index is 0.453. The van der Waals surface area contributed by atoms with Crippen molar-refractivity contribution in [2.24, 2.45) is 0 Å². The van der Waals surface area contributed by atoms with Crippen molar-refractivity contribution >= 4 is 17.3 Å². The summed E-state index contributed by atoms with van der Waals surface area (Å²) >= 11 is 5.83. The van der Waals surface area contributed by atoms with Crippen LogP contribution in [-0.2, 0) is 10.6 Å². The molecule has 1 aromatic carbocycles. The highest BCUT2D eigenvalue weighted by Crippen LogP contribution is 2.25. The fourth-order valence-electron chi connectivity index (χ4n) is 2.21. The van der Waals surface area contributed by atoms with E-state index >= 15 is 0 Å². The third-order valence-corrected chi connectivity index (χ3v) is 3.40. The number of alkyl halides is 1. The zero-order valence-electron chi connectivity index (χ0n) is 9.87. The number of halogens is 1. The summed E-state index contributed by atoms with van der Waals surface area (Å²) in [5, 5.41) is 0. The van der Waals surface area contributed by atoms with E-state index in [9.17, 15) is 0 Å². The Morgan fingerprint density at radius 2 is 2.31 bits per heavy atom. The van der Waals surface area contributed by atoms with Gasteiger partial charge in [-0.15, -0.1) is 11.6 Å². The topological polar surface area (TPSA) is 12.5 Å². The van der Waals surface area contributed by atoms with Gasteiger partial charge in [0.2, 0.25) is 0 Å².